The number of hydrogen-bond acceptors (Lipinski definition) is 2. The molecule has 0 aliphatic heterocycles. The molecule has 5 heteroatoms. The van der Waals surface area contributed by atoms with Crippen molar-refractivity contribution in [1.82, 2.24) is 9.55 Å². The summed E-state index contributed by atoms with van der Waals surface area (Å²) in [4.78, 5) is 24.1. The zero-order chi connectivity index (χ0) is 10.2. The number of imidazole rings is 1. The molecule has 0 amide bonds. The van der Waals surface area contributed by atoms with E-state index in [0.717, 1.165) is 0 Å². The van der Waals surface area contributed by atoms with Gasteiger partial charge in [0.25, 0.3) is 0 Å². The standard InChI is InChI=1S/C8H12N2O3/c1-4(2)6-5(7(11)12)9-8(13)10(6)3/h4H,1-3H3,(H,9,13)(H,11,12). The number of nitrogens with zero attached hydrogens (tertiary/aromatic N) is 1. The number of aromatic carboxylic acids is 1. The lowest BCUT2D eigenvalue weighted by Crippen LogP contribution is -2.14. The number of carboxylic acids is 1. The van der Waals surface area contributed by atoms with Gasteiger partial charge in [-0.15, -0.1) is 0 Å². The minimum absolute atomic E-state index is 0.00931. The van der Waals surface area contributed by atoms with Crippen LogP contribution in [0.15, 0.2) is 4.79 Å². The molecule has 13 heavy (non-hydrogen) atoms. The summed E-state index contributed by atoms with van der Waals surface area (Å²) in [6.07, 6.45) is 0. The van der Waals surface area contributed by atoms with Crippen LogP contribution in [0.1, 0.15) is 35.9 Å². The average molecular weight is 184 g/mol. The second kappa shape index (κ2) is 3.08. The van der Waals surface area contributed by atoms with Gasteiger partial charge in [-0.25, -0.2) is 9.59 Å². The van der Waals surface area contributed by atoms with Crippen molar-refractivity contribution in [2.75, 3.05) is 0 Å². The number of carbonyl (C=O) groups is 1. The van der Waals surface area contributed by atoms with Crippen LogP contribution in [0, 0.1) is 0 Å². The summed E-state index contributed by atoms with van der Waals surface area (Å²) in [5.74, 6) is -1.09. The number of aromatic nitrogens is 2. The van der Waals surface area contributed by atoms with E-state index in [9.17, 15) is 9.59 Å². The highest BCUT2D eigenvalue weighted by molar-refractivity contribution is 5.86. The van der Waals surface area contributed by atoms with Gasteiger partial charge in [0.2, 0.25) is 0 Å². The van der Waals surface area contributed by atoms with Gasteiger partial charge in [0.1, 0.15) is 5.69 Å². The van der Waals surface area contributed by atoms with Gasteiger partial charge < -0.3 is 5.11 Å². The lowest BCUT2D eigenvalue weighted by molar-refractivity contribution is 0.0689. The predicted molar refractivity (Wildman–Crippen MR) is 47.1 cm³/mol. The number of aromatic amines is 1. The molecule has 0 aliphatic rings. The monoisotopic (exact) mass is 184 g/mol. The molecule has 1 heterocycles. The van der Waals surface area contributed by atoms with Gasteiger partial charge in [-0.3, -0.25) is 9.55 Å². The minimum atomic E-state index is -1.10. The van der Waals surface area contributed by atoms with Crippen LogP contribution >= 0.6 is 0 Å². The first-order valence-electron chi connectivity index (χ1n) is 3.97. The highest BCUT2D eigenvalue weighted by atomic mass is 16.4. The van der Waals surface area contributed by atoms with Crippen LogP contribution in [0.2, 0.25) is 0 Å². The molecular weight excluding hydrogens is 172 g/mol. The molecule has 0 atom stereocenters. The lowest BCUT2D eigenvalue weighted by atomic mass is 10.1. The summed E-state index contributed by atoms with van der Waals surface area (Å²) in [5.41, 5.74) is 0.126. The molecule has 0 aromatic carbocycles. The summed E-state index contributed by atoms with van der Waals surface area (Å²) in [5, 5.41) is 8.77. The van der Waals surface area contributed by atoms with E-state index in [2.05, 4.69) is 4.98 Å². The average Bonchev–Trinajstić information content (AvgIpc) is 2.28. The van der Waals surface area contributed by atoms with Crippen LogP contribution in [0.5, 0.6) is 0 Å². The molecule has 0 radical (unpaired) electrons. The quantitative estimate of drug-likeness (QED) is 0.704. The SMILES string of the molecule is CC(C)c1c(C(=O)O)[nH]c(=O)n1C. The third-order valence-corrected chi connectivity index (χ3v) is 1.91. The molecule has 1 rings (SSSR count). The minimum Gasteiger partial charge on any atom is -0.477 e. The van der Waals surface area contributed by atoms with Gasteiger partial charge in [-0.2, -0.15) is 0 Å². The maximum Gasteiger partial charge on any atom is 0.354 e. The van der Waals surface area contributed by atoms with Crippen LogP contribution < -0.4 is 5.69 Å². The third kappa shape index (κ3) is 1.49. The van der Waals surface area contributed by atoms with Crippen molar-refractivity contribution in [2.24, 2.45) is 7.05 Å². The number of rotatable bonds is 2. The highest BCUT2D eigenvalue weighted by Gasteiger charge is 2.19. The van der Waals surface area contributed by atoms with E-state index in [4.69, 9.17) is 5.11 Å². The van der Waals surface area contributed by atoms with E-state index in [0.29, 0.717) is 5.69 Å². The van der Waals surface area contributed by atoms with E-state index in [1.54, 1.807) is 7.05 Å². The smallest absolute Gasteiger partial charge is 0.354 e. The van der Waals surface area contributed by atoms with Crippen molar-refractivity contribution in [3.05, 3.63) is 21.9 Å². The first kappa shape index (κ1) is 9.57. The maximum absolute atomic E-state index is 11.1. The predicted octanol–water partition coefficient (Wildman–Crippen LogP) is 0.535. The summed E-state index contributed by atoms with van der Waals surface area (Å²) in [6, 6.07) is 0. The molecule has 0 fully saturated rings. The Kier molecular flexibility index (Phi) is 2.27. The van der Waals surface area contributed by atoms with Gasteiger partial charge in [0.15, 0.2) is 0 Å². The molecule has 72 valence electrons. The molecular formula is C8H12N2O3. The summed E-state index contributed by atoms with van der Waals surface area (Å²) >= 11 is 0. The van der Waals surface area contributed by atoms with Crippen LogP contribution in [0.4, 0.5) is 0 Å². The first-order valence-corrected chi connectivity index (χ1v) is 3.97. The maximum atomic E-state index is 11.1. The molecule has 5 nitrogen and oxygen atoms in total. The highest BCUT2D eigenvalue weighted by Crippen LogP contribution is 2.15. The Bertz CT molecular complexity index is 387. The number of H-pyrrole nitrogens is 1. The number of hydrogen-bond donors (Lipinski definition) is 2. The van der Waals surface area contributed by atoms with Gasteiger partial charge in [0.05, 0.1) is 5.69 Å². The molecule has 0 saturated carbocycles. The normalized spacial score (nSPS) is 10.8. The molecule has 0 unspecified atom stereocenters. The number of carboxylic acid groups (broad SMARTS) is 1. The van der Waals surface area contributed by atoms with Crippen molar-refractivity contribution >= 4 is 5.97 Å². The summed E-state index contributed by atoms with van der Waals surface area (Å²) in [6.45, 7) is 3.68. The van der Waals surface area contributed by atoms with Crippen LogP contribution in [0.3, 0.4) is 0 Å². The van der Waals surface area contributed by atoms with Crippen molar-refractivity contribution in [2.45, 2.75) is 19.8 Å². The Morgan fingerprint density at radius 3 is 2.38 bits per heavy atom. The van der Waals surface area contributed by atoms with Gasteiger partial charge >= 0.3 is 11.7 Å². The fourth-order valence-electron chi connectivity index (χ4n) is 1.37. The Morgan fingerprint density at radius 2 is 2.08 bits per heavy atom. The van der Waals surface area contributed by atoms with Gasteiger partial charge in [0, 0.05) is 7.05 Å². The fourth-order valence-corrected chi connectivity index (χ4v) is 1.37. The molecule has 0 spiro atoms. The Hall–Kier alpha value is -1.52. The second-order valence-corrected chi connectivity index (χ2v) is 3.21. The Labute approximate surface area is 75.0 Å². The van der Waals surface area contributed by atoms with E-state index in [1.165, 1.54) is 4.57 Å². The van der Waals surface area contributed by atoms with E-state index < -0.39 is 5.97 Å². The molecule has 0 aliphatic carbocycles. The number of nitrogens with one attached hydrogen (secondary N) is 1. The van der Waals surface area contributed by atoms with Crippen LogP contribution in [0.25, 0.3) is 0 Å². The van der Waals surface area contributed by atoms with Gasteiger partial charge in [-0.05, 0) is 5.92 Å². The Balaban J connectivity index is 3.44. The van der Waals surface area contributed by atoms with E-state index >= 15 is 0 Å². The Morgan fingerprint density at radius 1 is 1.54 bits per heavy atom. The van der Waals surface area contributed by atoms with Gasteiger partial charge in [-0.1, -0.05) is 13.8 Å². The second-order valence-electron chi connectivity index (χ2n) is 3.21. The first-order chi connectivity index (χ1) is 5.95. The molecule has 0 saturated heterocycles. The topological polar surface area (TPSA) is 75.1 Å². The summed E-state index contributed by atoms with van der Waals surface area (Å²) in [7, 11) is 1.56. The van der Waals surface area contributed by atoms with Crippen LogP contribution in [-0.2, 0) is 7.05 Å². The fraction of sp³-hybridized carbons (Fsp3) is 0.500. The van der Waals surface area contributed by atoms with Crippen molar-refractivity contribution < 1.29 is 9.90 Å². The van der Waals surface area contributed by atoms with Crippen molar-refractivity contribution in [1.29, 1.82) is 0 Å². The molecule has 0 bridgehead atoms. The van der Waals surface area contributed by atoms with Crippen LogP contribution in [-0.4, -0.2) is 20.6 Å². The zero-order valence-electron chi connectivity index (χ0n) is 7.79. The van der Waals surface area contributed by atoms with E-state index in [-0.39, 0.29) is 17.3 Å². The summed E-state index contributed by atoms with van der Waals surface area (Å²) < 4.78 is 1.33. The third-order valence-electron chi connectivity index (χ3n) is 1.91. The van der Waals surface area contributed by atoms with Crippen molar-refractivity contribution in [3.63, 3.8) is 0 Å². The lowest BCUT2D eigenvalue weighted by Gasteiger charge is -2.05. The van der Waals surface area contributed by atoms with E-state index in [1.807, 2.05) is 13.8 Å². The molecule has 1 aromatic rings. The zero-order valence-corrected chi connectivity index (χ0v) is 7.79. The molecule has 1 aromatic heterocycles. The molecule has 2 N–H and O–H groups in total. The largest absolute Gasteiger partial charge is 0.477 e. The van der Waals surface area contributed by atoms with Crippen molar-refractivity contribution in [3.8, 4) is 0 Å².